The van der Waals surface area contributed by atoms with Crippen molar-refractivity contribution in [3.8, 4) is 0 Å². The third-order valence-corrected chi connectivity index (χ3v) is 4.91. The molecule has 1 aliphatic heterocycles. The zero-order valence-corrected chi connectivity index (χ0v) is 14.2. The Morgan fingerprint density at radius 1 is 1.41 bits per heavy atom. The van der Waals surface area contributed by atoms with Crippen LogP contribution < -0.4 is 4.90 Å². The fourth-order valence-corrected chi connectivity index (χ4v) is 2.99. The molecule has 0 bridgehead atoms. The van der Waals surface area contributed by atoms with Crippen LogP contribution in [0.5, 0.6) is 0 Å². The first-order valence-electron chi connectivity index (χ1n) is 7.63. The molecular formula is C18H24FNO2. The summed E-state index contributed by atoms with van der Waals surface area (Å²) in [5.74, 6) is -1.72. The van der Waals surface area contributed by atoms with Crippen LogP contribution in [0.4, 0.5) is 10.1 Å². The van der Waals surface area contributed by atoms with Crippen molar-refractivity contribution >= 4 is 17.2 Å². The van der Waals surface area contributed by atoms with E-state index >= 15 is 0 Å². The summed E-state index contributed by atoms with van der Waals surface area (Å²) in [6.07, 6.45) is 0. The second-order valence-electron chi connectivity index (χ2n) is 6.40. The highest BCUT2D eigenvalue weighted by Gasteiger charge is 2.40. The Balaban J connectivity index is 2.47. The fraction of sp³-hybridized carbons (Fsp3) is 0.500. The number of likely N-dealkylation sites (N-methyl/N-ethyl adjacent to an activating group) is 1. The number of fused-ring (bicyclic) bond motifs is 1. The van der Waals surface area contributed by atoms with Gasteiger partial charge in [0.1, 0.15) is 0 Å². The van der Waals surface area contributed by atoms with Crippen molar-refractivity contribution in [2.24, 2.45) is 0 Å². The Labute approximate surface area is 131 Å². The predicted octanol–water partition coefficient (Wildman–Crippen LogP) is 4.07. The third kappa shape index (κ3) is 2.51. The van der Waals surface area contributed by atoms with E-state index in [4.69, 9.17) is 4.74 Å². The van der Waals surface area contributed by atoms with Crippen LogP contribution in [0.3, 0.4) is 0 Å². The van der Waals surface area contributed by atoms with Crippen molar-refractivity contribution in [1.82, 2.24) is 0 Å². The summed E-state index contributed by atoms with van der Waals surface area (Å²) < 4.78 is 18.9. The van der Waals surface area contributed by atoms with Crippen LogP contribution in [0.15, 0.2) is 24.0 Å². The summed E-state index contributed by atoms with van der Waals surface area (Å²) in [7, 11) is 2.07. The molecule has 1 atom stereocenters. The van der Waals surface area contributed by atoms with Gasteiger partial charge in [0.2, 0.25) is 5.83 Å². The minimum atomic E-state index is -0.898. The molecule has 1 aromatic rings. The first-order valence-corrected chi connectivity index (χ1v) is 7.63. The third-order valence-electron chi connectivity index (χ3n) is 4.91. The van der Waals surface area contributed by atoms with E-state index in [1.165, 1.54) is 5.56 Å². The molecule has 4 heteroatoms. The van der Waals surface area contributed by atoms with Gasteiger partial charge in [0.05, 0.1) is 6.61 Å². The van der Waals surface area contributed by atoms with Gasteiger partial charge in [0, 0.05) is 24.2 Å². The average Bonchev–Trinajstić information content (AvgIpc) is 2.67. The van der Waals surface area contributed by atoms with Crippen LogP contribution in [0.1, 0.15) is 45.7 Å². The largest absolute Gasteiger partial charge is 0.461 e. The maximum Gasteiger partial charge on any atom is 0.367 e. The number of allylic oxidation sites excluding steroid dienone is 1. The Morgan fingerprint density at radius 3 is 2.64 bits per heavy atom. The molecule has 0 radical (unpaired) electrons. The highest BCUT2D eigenvalue weighted by Crippen LogP contribution is 2.45. The number of carbonyl (C=O) groups excluding carboxylic acids is 1. The van der Waals surface area contributed by atoms with Gasteiger partial charge in [-0.2, -0.15) is 4.39 Å². The van der Waals surface area contributed by atoms with E-state index in [9.17, 15) is 9.18 Å². The molecule has 1 aliphatic rings. The molecule has 3 nitrogen and oxygen atoms in total. The van der Waals surface area contributed by atoms with Crippen molar-refractivity contribution in [1.29, 1.82) is 0 Å². The smallest absolute Gasteiger partial charge is 0.367 e. The molecule has 22 heavy (non-hydrogen) atoms. The van der Waals surface area contributed by atoms with Gasteiger partial charge < -0.3 is 9.64 Å². The number of nitrogens with zero attached hydrogens (tertiary/aromatic N) is 1. The Kier molecular flexibility index (Phi) is 4.32. The monoisotopic (exact) mass is 305 g/mol. The number of carbonyl (C=O) groups is 1. The normalized spacial score (nSPS) is 20.5. The van der Waals surface area contributed by atoms with E-state index < -0.39 is 11.8 Å². The number of anilines is 1. The summed E-state index contributed by atoms with van der Waals surface area (Å²) in [5.41, 5.74) is 3.35. The second-order valence-corrected chi connectivity index (χ2v) is 6.40. The maximum atomic E-state index is 14.2. The SMILES string of the molecule is CCOC(=O)/C(F)=C(/C)c1ccc2c(c1)C(C)(C)C(C)N2C. The zero-order chi connectivity index (χ0) is 16.7. The number of esters is 1. The molecule has 120 valence electrons. The van der Waals surface area contributed by atoms with Gasteiger partial charge in [0.15, 0.2) is 0 Å². The van der Waals surface area contributed by atoms with Crippen molar-refractivity contribution in [3.05, 3.63) is 35.2 Å². The molecule has 0 aliphatic carbocycles. The number of benzene rings is 1. The Hall–Kier alpha value is -1.84. The summed E-state index contributed by atoms with van der Waals surface area (Å²) in [4.78, 5) is 13.8. The van der Waals surface area contributed by atoms with E-state index in [1.54, 1.807) is 13.8 Å². The molecule has 0 spiro atoms. The van der Waals surface area contributed by atoms with E-state index in [0.29, 0.717) is 11.6 Å². The molecule has 0 saturated carbocycles. The maximum absolute atomic E-state index is 14.2. The van der Waals surface area contributed by atoms with Crippen LogP contribution in [0.2, 0.25) is 0 Å². The van der Waals surface area contributed by atoms with Gasteiger partial charge in [-0.1, -0.05) is 19.9 Å². The summed E-state index contributed by atoms with van der Waals surface area (Å²) >= 11 is 0. The van der Waals surface area contributed by atoms with Crippen LogP contribution in [-0.4, -0.2) is 25.7 Å². The molecule has 1 heterocycles. The van der Waals surface area contributed by atoms with Gasteiger partial charge >= 0.3 is 5.97 Å². The molecule has 2 rings (SSSR count). The topological polar surface area (TPSA) is 29.5 Å². The van der Waals surface area contributed by atoms with Crippen molar-refractivity contribution in [2.45, 2.75) is 46.1 Å². The van der Waals surface area contributed by atoms with Crippen molar-refractivity contribution < 1.29 is 13.9 Å². The van der Waals surface area contributed by atoms with Crippen LogP contribution in [0.25, 0.3) is 5.57 Å². The van der Waals surface area contributed by atoms with Crippen LogP contribution in [0, 0.1) is 0 Å². The number of halogens is 1. The van der Waals surface area contributed by atoms with Crippen LogP contribution in [-0.2, 0) is 14.9 Å². The first-order chi connectivity index (χ1) is 10.2. The lowest BCUT2D eigenvalue weighted by Gasteiger charge is -2.28. The van der Waals surface area contributed by atoms with E-state index in [1.807, 2.05) is 18.2 Å². The Morgan fingerprint density at radius 2 is 2.05 bits per heavy atom. The average molecular weight is 305 g/mol. The second kappa shape index (κ2) is 5.75. The first kappa shape index (κ1) is 16.5. The molecule has 0 fully saturated rings. The van der Waals surface area contributed by atoms with Gasteiger partial charge in [-0.05, 0) is 49.6 Å². The number of hydrogen-bond donors (Lipinski definition) is 0. The summed E-state index contributed by atoms with van der Waals surface area (Å²) in [6, 6.07) is 6.20. The molecule has 0 saturated heterocycles. The minimum Gasteiger partial charge on any atom is -0.461 e. The highest BCUT2D eigenvalue weighted by molar-refractivity contribution is 5.95. The predicted molar refractivity (Wildman–Crippen MR) is 87.7 cm³/mol. The molecule has 1 unspecified atom stereocenters. The summed E-state index contributed by atoms with van der Waals surface area (Å²) in [6.45, 7) is 9.99. The highest BCUT2D eigenvalue weighted by atomic mass is 19.1. The zero-order valence-electron chi connectivity index (χ0n) is 14.2. The van der Waals surface area contributed by atoms with E-state index in [-0.39, 0.29) is 12.0 Å². The number of rotatable bonds is 3. The molecule has 0 N–H and O–H groups in total. The van der Waals surface area contributed by atoms with Gasteiger partial charge in [-0.3, -0.25) is 0 Å². The van der Waals surface area contributed by atoms with E-state index in [0.717, 1.165) is 11.3 Å². The number of hydrogen-bond acceptors (Lipinski definition) is 3. The number of ether oxygens (including phenoxy) is 1. The fourth-order valence-electron chi connectivity index (χ4n) is 2.99. The molecule has 0 aromatic heterocycles. The lowest BCUT2D eigenvalue weighted by molar-refractivity contribution is -0.140. The standard InChI is InChI=1S/C18H24FNO2/c1-7-22-17(21)16(19)11(2)13-8-9-15-14(10-13)18(4,5)12(3)20(15)6/h8-10,12H,7H2,1-6H3/b16-11+. The lowest BCUT2D eigenvalue weighted by Crippen LogP contribution is -2.36. The molecule has 1 aromatic carbocycles. The minimum absolute atomic E-state index is 0.0270. The molecular weight excluding hydrogens is 281 g/mol. The lowest BCUT2D eigenvalue weighted by atomic mass is 9.80. The van der Waals surface area contributed by atoms with E-state index in [2.05, 4.69) is 32.7 Å². The van der Waals surface area contributed by atoms with Crippen LogP contribution >= 0.6 is 0 Å². The van der Waals surface area contributed by atoms with Crippen molar-refractivity contribution in [3.63, 3.8) is 0 Å². The molecule has 0 amide bonds. The van der Waals surface area contributed by atoms with Crippen molar-refractivity contribution in [2.75, 3.05) is 18.6 Å². The van der Waals surface area contributed by atoms with Gasteiger partial charge in [0.25, 0.3) is 0 Å². The van der Waals surface area contributed by atoms with Gasteiger partial charge in [-0.25, -0.2) is 4.79 Å². The Bertz CT molecular complexity index is 634. The van der Waals surface area contributed by atoms with Gasteiger partial charge in [-0.15, -0.1) is 0 Å². The summed E-state index contributed by atoms with van der Waals surface area (Å²) in [5, 5.41) is 0. The quantitative estimate of drug-likeness (QED) is 0.623.